The van der Waals surface area contributed by atoms with Crippen molar-refractivity contribution in [3.05, 3.63) is 23.7 Å². The Balaban J connectivity index is 1.32. The SMILES string of the molecule is O=C(NCCCSc1nccs1)N1C[C@H]2CC=CC[C@H]2C1. The van der Waals surface area contributed by atoms with Gasteiger partial charge in [-0.15, -0.1) is 11.3 Å². The lowest BCUT2D eigenvalue weighted by molar-refractivity contribution is 0.206. The van der Waals surface area contributed by atoms with Gasteiger partial charge in [-0.2, -0.15) is 0 Å². The summed E-state index contributed by atoms with van der Waals surface area (Å²) in [4.78, 5) is 18.4. The molecule has 1 saturated heterocycles. The molecule has 1 fully saturated rings. The molecule has 1 N–H and O–H groups in total. The Labute approximate surface area is 134 Å². The molecule has 4 nitrogen and oxygen atoms in total. The smallest absolute Gasteiger partial charge is 0.317 e. The number of hydrogen-bond donors (Lipinski definition) is 1. The van der Waals surface area contributed by atoms with Crippen LogP contribution in [0.15, 0.2) is 28.1 Å². The molecule has 0 aromatic carbocycles. The van der Waals surface area contributed by atoms with Gasteiger partial charge >= 0.3 is 6.03 Å². The highest BCUT2D eigenvalue weighted by Crippen LogP contribution is 2.32. The van der Waals surface area contributed by atoms with Crippen LogP contribution >= 0.6 is 23.1 Å². The molecule has 0 saturated carbocycles. The first kappa shape index (κ1) is 14.9. The van der Waals surface area contributed by atoms with E-state index in [0.717, 1.165) is 49.0 Å². The Morgan fingerprint density at radius 3 is 2.81 bits per heavy atom. The Bertz CT molecular complexity index is 473. The van der Waals surface area contributed by atoms with Crippen LogP contribution in [0.3, 0.4) is 0 Å². The van der Waals surface area contributed by atoms with Crippen LogP contribution in [0.4, 0.5) is 4.79 Å². The predicted molar refractivity (Wildman–Crippen MR) is 87.8 cm³/mol. The number of fused-ring (bicyclic) bond motifs is 1. The molecular weight excluding hydrogens is 302 g/mol. The molecule has 1 aliphatic carbocycles. The normalized spacial score (nSPS) is 24.1. The molecule has 21 heavy (non-hydrogen) atoms. The maximum atomic E-state index is 12.2. The number of thiazole rings is 1. The van der Waals surface area contributed by atoms with Crippen molar-refractivity contribution in [2.45, 2.75) is 23.6 Å². The third-order valence-corrected chi connectivity index (χ3v) is 6.19. The predicted octanol–water partition coefficient (Wildman–Crippen LogP) is 3.23. The molecular formula is C15H21N3OS2. The molecule has 2 atom stereocenters. The van der Waals surface area contributed by atoms with Crippen molar-refractivity contribution in [3.8, 4) is 0 Å². The van der Waals surface area contributed by atoms with Crippen LogP contribution in [0.1, 0.15) is 19.3 Å². The quantitative estimate of drug-likeness (QED) is 0.514. The summed E-state index contributed by atoms with van der Waals surface area (Å²) in [6.07, 6.45) is 9.61. The summed E-state index contributed by atoms with van der Waals surface area (Å²) in [6, 6.07) is 0.114. The highest BCUT2D eigenvalue weighted by molar-refractivity contribution is 8.00. The number of carbonyl (C=O) groups excluding carboxylic acids is 1. The van der Waals surface area contributed by atoms with Crippen molar-refractivity contribution in [1.29, 1.82) is 0 Å². The first-order valence-electron chi connectivity index (χ1n) is 7.53. The van der Waals surface area contributed by atoms with E-state index in [-0.39, 0.29) is 6.03 Å². The largest absolute Gasteiger partial charge is 0.338 e. The molecule has 0 unspecified atom stereocenters. The summed E-state index contributed by atoms with van der Waals surface area (Å²) in [5, 5.41) is 5.04. The molecule has 1 aromatic rings. The van der Waals surface area contributed by atoms with Crippen LogP contribution in [-0.2, 0) is 0 Å². The highest BCUT2D eigenvalue weighted by Gasteiger charge is 2.34. The number of amides is 2. The number of likely N-dealkylation sites (tertiary alicyclic amines) is 1. The molecule has 1 aliphatic heterocycles. The Morgan fingerprint density at radius 1 is 1.38 bits per heavy atom. The average molecular weight is 323 g/mol. The highest BCUT2D eigenvalue weighted by atomic mass is 32.2. The molecule has 3 rings (SSSR count). The minimum absolute atomic E-state index is 0.114. The van der Waals surface area contributed by atoms with E-state index in [1.54, 1.807) is 23.1 Å². The van der Waals surface area contributed by atoms with Gasteiger partial charge in [0.05, 0.1) is 0 Å². The monoisotopic (exact) mass is 323 g/mol. The van der Waals surface area contributed by atoms with E-state index in [2.05, 4.69) is 22.5 Å². The lowest BCUT2D eigenvalue weighted by Gasteiger charge is -2.17. The Morgan fingerprint density at radius 2 is 2.14 bits per heavy atom. The van der Waals surface area contributed by atoms with Gasteiger partial charge in [0.2, 0.25) is 0 Å². The number of aromatic nitrogens is 1. The van der Waals surface area contributed by atoms with Gasteiger partial charge in [0.15, 0.2) is 0 Å². The van der Waals surface area contributed by atoms with Gasteiger partial charge in [-0.1, -0.05) is 23.9 Å². The zero-order valence-electron chi connectivity index (χ0n) is 12.0. The maximum Gasteiger partial charge on any atom is 0.317 e. The lowest BCUT2D eigenvalue weighted by atomic mass is 9.86. The van der Waals surface area contributed by atoms with E-state index in [1.807, 2.05) is 16.5 Å². The van der Waals surface area contributed by atoms with E-state index in [0.29, 0.717) is 11.8 Å². The van der Waals surface area contributed by atoms with Crippen molar-refractivity contribution >= 4 is 29.1 Å². The summed E-state index contributed by atoms with van der Waals surface area (Å²) in [5.74, 6) is 2.37. The van der Waals surface area contributed by atoms with Crippen molar-refractivity contribution < 1.29 is 4.79 Å². The molecule has 0 spiro atoms. The molecule has 0 bridgehead atoms. The molecule has 2 heterocycles. The van der Waals surface area contributed by atoms with E-state index in [9.17, 15) is 4.79 Å². The summed E-state index contributed by atoms with van der Waals surface area (Å²) < 4.78 is 1.11. The zero-order chi connectivity index (χ0) is 14.5. The van der Waals surface area contributed by atoms with Gasteiger partial charge in [-0.3, -0.25) is 0 Å². The summed E-state index contributed by atoms with van der Waals surface area (Å²) in [7, 11) is 0. The summed E-state index contributed by atoms with van der Waals surface area (Å²) in [5.41, 5.74) is 0. The van der Waals surface area contributed by atoms with Gasteiger partial charge in [0.25, 0.3) is 0 Å². The molecule has 0 radical (unpaired) electrons. The molecule has 1 aromatic heterocycles. The van der Waals surface area contributed by atoms with E-state index >= 15 is 0 Å². The third-order valence-electron chi connectivity index (χ3n) is 4.14. The van der Waals surface area contributed by atoms with Crippen LogP contribution in [0.5, 0.6) is 0 Å². The van der Waals surface area contributed by atoms with E-state index in [1.165, 1.54) is 0 Å². The van der Waals surface area contributed by atoms with Crippen molar-refractivity contribution in [2.75, 3.05) is 25.4 Å². The minimum Gasteiger partial charge on any atom is -0.338 e. The van der Waals surface area contributed by atoms with E-state index < -0.39 is 0 Å². The fourth-order valence-electron chi connectivity index (χ4n) is 3.00. The number of rotatable bonds is 5. The number of nitrogens with zero attached hydrogens (tertiary/aromatic N) is 2. The molecule has 2 amide bonds. The van der Waals surface area contributed by atoms with Crippen LogP contribution in [0.2, 0.25) is 0 Å². The van der Waals surface area contributed by atoms with Crippen LogP contribution in [0, 0.1) is 11.8 Å². The van der Waals surface area contributed by atoms with Crippen molar-refractivity contribution in [1.82, 2.24) is 15.2 Å². The first-order valence-corrected chi connectivity index (χ1v) is 9.39. The van der Waals surface area contributed by atoms with Gasteiger partial charge in [-0.05, 0) is 31.1 Å². The summed E-state index contributed by atoms with van der Waals surface area (Å²) in [6.45, 7) is 2.60. The number of allylic oxidation sites excluding steroid dienone is 2. The van der Waals surface area contributed by atoms with Crippen molar-refractivity contribution in [3.63, 3.8) is 0 Å². The van der Waals surface area contributed by atoms with Gasteiger partial charge < -0.3 is 10.2 Å². The van der Waals surface area contributed by atoms with Crippen LogP contribution < -0.4 is 5.32 Å². The second kappa shape index (κ2) is 7.31. The third kappa shape index (κ3) is 4.01. The van der Waals surface area contributed by atoms with Crippen LogP contribution in [-0.4, -0.2) is 41.3 Å². The number of carbonyl (C=O) groups is 1. The van der Waals surface area contributed by atoms with Gasteiger partial charge in [0.1, 0.15) is 4.34 Å². The molecule has 6 heteroatoms. The fourth-order valence-corrected chi connectivity index (χ4v) is 4.65. The molecule has 114 valence electrons. The molecule has 2 aliphatic rings. The lowest BCUT2D eigenvalue weighted by Crippen LogP contribution is -2.39. The minimum atomic E-state index is 0.114. The second-order valence-corrected chi connectivity index (χ2v) is 7.84. The second-order valence-electron chi connectivity index (χ2n) is 5.60. The Hall–Kier alpha value is -1.01. The number of hydrogen-bond acceptors (Lipinski definition) is 4. The maximum absolute atomic E-state index is 12.2. The number of urea groups is 1. The average Bonchev–Trinajstić information content (AvgIpc) is 3.15. The Kier molecular flexibility index (Phi) is 5.19. The van der Waals surface area contributed by atoms with Crippen molar-refractivity contribution in [2.24, 2.45) is 11.8 Å². The van der Waals surface area contributed by atoms with Crippen LogP contribution in [0.25, 0.3) is 0 Å². The summed E-state index contributed by atoms with van der Waals surface area (Å²) >= 11 is 3.43. The van der Waals surface area contributed by atoms with Gasteiger partial charge in [0, 0.05) is 37.0 Å². The topological polar surface area (TPSA) is 45.2 Å². The fraction of sp³-hybridized carbons (Fsp3) is 0.600. The van der Waals surface area contributed by atoms with E-state index in [4.69, 9.17) is 0 Å². The number of nitrogens with one attached hydrogen (secondary N) is 1. The number of thioether (sulfide) groups is 1. The zero-order valence-corrected chi connectivity index (χ0v) is 13.7. The van der Waals surface area contributed by atoms with Gasteiger partial charge in [-0.25, -0.2) is 9.78 Å². The first-order chi connectivity index (χ1) is 10.3. The standard InChI is InChI=1S/C15H21N3OS2/c19-14(16-6-3-8-20-15-17-7-9-21-15)18-10-12-4-1-2-5-13(12)11-18/h1-2,7,9,12-13H,3-6,8,10-11H2,(H,16,19)/t12-,13+.